The standard InChI is InChI=1S/C26H23N3O4/c1-31-21-9-5-6-19(15-21)25-22(17-29(28-25)20-7-3-2-4-8-20)26(30)27-16-18-10-11-23-24(14-18)33-13-12-32-23/h2-11,14-15,17H,12-13,16H2,1H3,(H,27,30). The molecule has 0 aliphatic carbocycles. The molecule has 4 aromatic rings. The molecule has 0 bridgehead atoms. The Morgan fingerprint density at radius 2 is 1.82 bits per heavy atom. The maximum absolute atomic E-state index is 13.2. The predicted molar refractivity (Wildman–Crippen MR) is 124 cm³/mol. The van der Waals surface area contributed by atoms with E-state index < -0.39 is 0 Å². The van der Waals surface area contributed by atoms with E-state index >= 15 is 0 Å². The molecule has 7 heteroatoms. The summed E-state index contributed by atoms with van der Waals surface area (Å²) >= 11 is 0. The van der Waals surface area contributed by atoms with Crippen LogP contribution in [0.1, 0.15) is 15.9 Å². The number of fused-ring (bicyclic) bond motifs is 1. The van der Waals surface area contributed by atoms with Crippen LogP contribution in [0.25, 0.3) is 16.9 Å². The number of ether oxygens (including phenoxy) is 3. The van der Waals surface area contributed by atoms with Crippen molar-refractivity contribution in [2.24, 2.45) is 0 Å². The largest absolute Gasteiger partial charge is 0.497 e. The molecular weight excluding hydrogens is 418 g/mol. The number of aromatic nitrogens is 2. The molecule has 0 unspecified atom stereocenters. The normalized spacial score (nSPS) is 12.3. The first-order chi connectivity index (χ1) is 16.2. The van der Waals surface area contributed by atoms with E-state index in [2.05, 4.69) is 5.32 Å². The van der Waals surface area contributed by atoms with Gasteiger partial charge in [0.2, 0.25) is 0 Å². The molecule has 3 aromatic carbocycles. The van der Waals surface area contributed by atoms with Crippen LogP contribution in [0, 0.1) is 0 Å². The number of nitrogens with zero attached hydrogens (tertiary/aromatic N) is 2. The average molecular weight is 441 g/mol. The number of benzene rings is 3. The highest BCUT2D eigenvalue weighted by molar-refractivity contribution is 6.00. The fourth-order valence-corrected chi connectivity index (χ4v) is 3.71. The van der Waals surface area contributed by atoms with Crippen LogP contribution < -0.4 is 19.5 Å². The number of rotatable bonds is 6. The van der Waals surface area contributed by atoms with Gasteiger partial charge in [-0.05, 0) is 42.0 Å². The number of hydrogen-bond donors (Lipinski definition) is 1. The molecule has 2 heterocycles. The number of carbonyl (C=O) groups excluding carboxylic acids is 1. The molecule has 0 atom stereocenters. The molecule has 0 spiro atoms. The number of methoxy groups -OCH3 is 1. The van der Waals surface area contributed by atoms with Crippen molar-refractivity contribution >= 4 is 5.91 Å². The zero-order chi connectivity index (χ0) is 22.6. The van der Waals surface area contributed by atoms with Crippen molar-refractivity contribution in [3.63, 3.8) is 0 Å². The fourth-order valence-electron chi connectivity index (χ4n) is 3.71. The third-order valence-corrected chi connectivity index (χ3v) is 5.38. The Morgan fingerprint density at radius 3 is 2.64 bits per heavy atom. The summed E-state index contributed by atoms with van der Waals surface area (Å²) in [5.74, 6) is 1.90. The van der Waals surface area contributed by atoms with Crippen molar-refractivity contribution in [1.29, 1.82) is 0 Å². The van der Waals surface area contributed by atoms with Crippen LogP contribution in [0.2, 0.25) is 0 Å². The lowest BCUT2D eigenvalue weighted by Crippen LogP contribution is -2.23. The molecule has 1 N–H and O–H groups in total. The minimum Gasteiger partial charge on any atom is -0.497 e. The summed E-state index contributed by atoms with van der Waals surface area (Å²) in [4.78, 5) is 13.2. The maximum Gasteiger partial charge on any atom is 0.255 e. The summed E-state index contributed by atoms with van der Waals surface area (Å²) in [6, 6.07) is 22.9. The summed E-state index contributed by atoms with van der Waals surface area (Å²) in [5, 5.41) is 7.73. The molecular formula is C26H23N3O4. The average Bonchev–Trinajstić information content (AvgIpc) is 3.33. The highest BCUT2D eigenvalue weighted by atomic mass is 16.6. The molecule has 0 saturated heterocycles. The predicted octanol–water partition coefficient (Wildman–Crippen LogP) is 4.25. The SMILES string of the molecule is COc1cccc(-c2nn(-c3ccccc3)cc2C(=O)NCc2ccc3c(c2)OCCO3)c1. The van der Waals surface area contributed by atoms with Gasteiger partial charge in [-0.3, -0.25) is 4.79 Å². The van der Waals surface area contributed by atoms with Crippen LogP contribution in [0.5, 0.6) is 17.2 Å². The van der Waals surface area contributed by atoms with E-state index in [9.17, 15) is 4.79 Å². The number of amides is 1. The van der Waals surface area contributed by atoms with Crippen molar-refractivity contribution in [1.82, 2.24) is 15.1 Å². The minimum absolute atomic E-state index is 0.218. The Labute approximate surface area is 191 Å². The van der Waals surface area contributed by atoms with Crippen molar-refractivity contribution in [3.05, 3.63) is 90.1 Å². The lowest BCUT2D eigenvalue weighted by molar-refractivity contribution is 0.0951. The first-order valence-electron chi connectivity index (χ1n) is 10.7. The summed E-state index contributed by atoms with van der Waals surface area (Å²) in [7, 11) is 1.61. The lowest BCUT2D eigenvalue weighted by Gasteiger charge is -2.19. The van der Waals surface area contributed by atoms with Crippen LogP contribution in [0.15, 0.2) is 79.0 Å². The Balaban J connectivity index is 1.44. The molecule has 0 fully saturated rings. The van der Waals surface area contributed by atoms with E-state index in [1.165, 1.54) is 0 Å². The quantitative estimate of drug-likeness (QED) is 0.484. The summed E-state index contributed by atoms with van der Waals surface area (Å²) in [6.45, 7) is 1.41. The molecule has 7 nitrogen and oxygen atoms in total. The number of carbonyl (C=O) groups is 1. The Morgan fingerprint density at radius 1 is 1.00 bits per heavy atom. The lowest BCUT2D eigenvalue weighted by atomic mass is 10.1. The third-order valence-electron chi connectivity index (χ3n) is 5.38. The second kappa shape index (κ2) is 9.08. The minimum atomic E-state index is -0.218. The van der Waals surface area contributed by atoms with Gasteiger partial charge in [0, 0.05) is 18.3 Å². The molecule has 33 heavy (non-hydrogen) atoms. The molecule has 166 valence electrons. The highest BCUT2D eigenvalue weighted by Crippen LogP contribution is 2.31. The first kappa shape index (κ1) is 20.6. The molecule has 1 aliphatic heterocycles. The van der Waals surface area contributed by atoms with Gasteiger partial charge in [-0.2, -0.15) is 5.10 Å². The molecule has 1 aliphatic rings. The van der Waals surface area contributed by atoms with Crippen LogP contribution in [-0.4, -0.2) is 36.0 Å². The second-order valence-electron chi connectivity index (χ2n) is 7.56. The highest BCUT2D eigenvalue weighted by Gasteiger charge is 2.19. The fraction of sp³-hybridized carbons (Fsp3) is 0.154. The van der Waals surface area contributed by atoms with Crippen molar-refractivity contribution in [2.45, 2.75) is 6.54 Å². The van der Waals surface area contributed by atoms with Crippen molar-refractivity contribution in [3.8, 4) is 34.2 Å². The van der Waals surface area contributed by atoms with Gasteiger partial charge in [-0.25, -0.2) is 4.68 Å². The van der Waals surface area contributed by atoms with Crippen LogP contribution >= 0.6 is 0 Å². The van der Waals surface area contributed by atoms with E-state index in [0.717, 1.165) is 22.6 Å². The maximum atomic E-state index is 13.2. The molecule has 1 amide bonds. The van der Waals surface area contributed by atoms with E-state index in [1.807, 2.05) is 72.8 Å². The van der Waals surface area contributed by atoms with Gasteiger partial charge >= 0.3 is 0 Å². The van der Waals surface area contributed by atoms with Gasteiger partial charge in [-0.15, -0.1) is 0 Å². The summed E-state index contributed by atoms with van der Waals surface area (Å²) in [6.07, 6.45) is 1.75. The van der Waals surface area contributed by atoms with Crippen molar-refractivity contribution < 1.29 is 19.0 Å². The molecule has 5 rings (SSSR count). The number of para-hydroxylation sites is 1. The Bertz CT molecular complexity index is 1280. The van der Waals surface area contributed by atoms with Crippen LogP contribution in [0.4, 0.5) is 0 Å². The van der Waals surface area contributed by atoms with Gasteiger partial charge in [0.05, 0.1) is 18.4 Å². The molecule has 0 radical (unpaired) electrons. The second-order valence-corrected chi connectivity index (χ2v) is 7.56. The molecule has 0 saturated carbocycles. The zero-order valence-electron chi connectivity index (χ0n) is 18.2. The summed E-state index contributed by atoms with van der Waals surface area (Å²) < 4.78 is 18.3. The monoisotopic (exact) mass is 441 g/mol. The van der Waals surface area contributed by atoms with Gasteiger partial charge in [0.1, 0.15) is 24.7 Å². The number of nitrogens with one attached hydrogen (secondary N) is 1. The van der Waals surface area contributed by atoms with Gasteiger partial charge in [-0.1, -0.05) is 36.4 Å². The third kappa shape index (κ3) is 4.39. The zero-order valence-corrected chi connectivity index (χ0v) is 18.2. The van der Waals surface area contributed by atoms with E-state index in [4.69, 9.17) is 19.3 Å². The van der Waals surface area contributed by atoms with Gasteiger partial charge < -0.3 is 19.5 Å². The number of hydrogen-bond acceptors (Lipinski definition) is 5. The van der Waals surface area contributed by atoms with Crippen LogP contribution in [0.3, 0.4) is 0 Å². The molecule has 1 aromatic heterocycles. The Hall–Kier alpha value is -4.26. The van der Waals surface area contributed by atoms with E-state index in [-0.39, 0.29) is 5.91 Å². The van der Waals surface area contributed by atoms with Crippen LogP contribution in [-0.2, 0) is 6.54 Å². The Kier molecular flexibility index (Phi) is 5.68. The van der Waals surface area contributed by atoms with E-state index in [0.29, 0.717) is 42.5 Å². The van der Waals surface area contributed by atoms with Gasteiger partial charge in [0.15, 0.2) is 11.5 Å². The first-order valence-corrected chi connectivity index (χ1v) is 10.7. The van der Waals surface area contributed by atoms with Gasteiger partial charge in [0.25, 0.3) is 5.91 Å². The van der Waals surface area contributed by atoms with Crippen molar-refractivity contribution in [2.75, 3.05) is 20.3 Å². The summed E-state index contributed by atoms with van der Waals surface area (Å²) in [5.41, 5.74) is 3.65. The van der Waals surface area contributed by atoms with E-state index in [1.54, 1.807) is 18.0 Å². The topological polar surface area (TPSA) is 74.6 Å². The smallest absolute Gasteiger partial charge is 0.255 e.